The molecule has 0 aliphatic rings. The Kier molecular flexibility index (Phi) is 4.30. The highest BCUT2D eigenvalue weighted by Crippen LogP contribution is 2.22. The number of aromatic amines is 1. The summed E-state index contributed by atoms with van der Waals surface area (Å²) in [6, 6.07) is 16.5. The van der Waals surface area contributed by atoms with E-state index in [2.05, 4.69) is 54.1 Å². The largest absolute Gasteiger partial charge is 0.342 e. The molecule has 1 aromatic heterocycles. The van der Waals surface area contributed by atoms with Gasteiger partial charge in [0, 0.05) is 11.4 Å². The highest BCUT2D eigenvalue weighted by Gasteiger charge is 2.06. The molecular weight excluding hydrogens is 292 g/mol. The van der Waals surface area contributed by atoms with Crippen LogP contribution in [-0.2, 0) is 6.42 Å². The molecule has 2 nitrogen and oxygen atoms in total. The molecule has 112 valence electrons. The van der Waals surface area contributed by atoms with E-state index in [-0.39, 0.29) is 0 Å². The van der Waals surface area contributed by atoms with Crippen LogP contribution in [0.3, 0.4) is 0 Å². The third kappa shape index (κ3) is 3.40. The van der Waals surface area contributed by atoms with E-state index >= 15 is 0 Å². The maximum absolute atomic E-state index is 6.02. The minimum atomic E-state index is 0.550. The number of aromatic nitrogens is 2. The van der Waals surface area contributed by atoms with Gasteiger partial charge in [-0.25, -0.2) is 4.98 Å². The molecule has 0 spiro atoms. The molecule has 0 saturated carbocycles. The van der Waals surface area contributed by atoms with Crippen molar-refractivity contribution < 1.29 is 0 Å². The second kappa shape index (κ2) is 6.37. The van der Waals surface area contributed by atoms with Crippen LogP contribution in [-0.4, -0.2) is 9.97 Å². The Hall–Kier alpha value is -2.06. The number of hydrogen-bond acceptors (Lipinski definition) is 1. The van der Waals surface area contributed by atoms with Crippen LogP contribution < -0.4 is 0 Å². The fourth-order valence-electron chi connectivity index (χ4n) is 2.49. The molecule has 0 atom stereocenters. The van der Waals surface area contributed by atoms with Gasteiger partial charge in [0.05, 0.1) is 11.9 Å². The van der Waals surface area contributed by atoms with Crippen LogP contribution in [0.1, 0.15) is 36.7 Å². The molecule has 0 saturated heterocycles. The van der Waals surface area contributed by atoms with Gasteiger partial charge in [-0.1, -0.05) is 61.8 Å². The van der Waals surface area contributed by atoms with Gasteiger partial charge in [0.25, 0.3) is 0 Å². The van der Waals surface area contributed by atoms with E-state index in [1.807, 2.05) is 24.4 Å². The van der Waals surface area contributed by atoms with Gasteiger partial charge in [-0.2, -0.15) is 0 Å². The van der Waals surface area contributed by atoms with Gasteiger partial charge in [-0.05, 0) is 34.7 Å². The number of benzene rings is 2. The Labute approximate surface area is 136 Å². The highest BCUT2D eigenvalue weighted by molar-refractivity contribution is 6.30. The van der Waals surface area contributed by atoms with Crippen LogP contribution >= 0.6 is 11.6 Å². The Bertz CT molecular complexity index is 757. The smallest absolute Gasteiger partial charge is 0.110 e. The summed E-state index contributed by atoms with van der Waals surface area (Å²) in [4.78, 5) is 7.87. The fraction of sp³-hybridized carbons (Fsp3) is 0.211. The maximum Gasteiger partial charge on any atom is 0.110 e. The molecular formula is C19H19ClN2. The topological polar surface area (TPSA) is 28.7 Å². The van der Waals surface area contributed by atoms with Gasteiger partial charge in [0.1, 0.15) is 5.82 Å². The maximum atomic E-state index is 6.02. The molecule has 3 aromatic rings. The second-order valence-corrected chi connectivity index (χ2v) is 6.26. The lowest BCUT2D eigenvalue weighted by Crippen LogP contribution is -1.91. The molecule has 0 radical (unpaired) electrons. The second-order valence-electron chi connectivity index (χ2n) is 5.83. The fourth-order valence-corrected chi connectivity index (χ4v) is 2.70. The monoisotopic (exact) mass is 310 g/mol. The number of H-pyrrole nitrogens is 1. The van der Waals surface area contributed by atoms with Gasteiger partial charge in [-0.3, -0.25) is 0 Å². The lowest BCUT2D eigenvalue weighted by molar-refractivity contribution is 0.867. The van der Waals surface area contributed by atoms with Gasteiger partial charge in [0.2, 0.25) is 0 Å². The molecule has 0 aliphatic carbocycles. The van der Waals surface area contributed by atoms with E-state index < -0.39 is 0 Å². The van der Waals surface area contributed by atoms with E-state index in [0.717, 1.165) is 34.1 Å². The third-order valence-corrected chi connectivity index (χ3v) is 4.01. The van der Waals surface area contributed by atoms with Crippen molar-refractivity contribution in [2.75, 3.05) is 0 Å². The summed E-state index contributed by atoms with van der Waals surface area (Å²) in [6.45, 7) is 4.41. The van der Waals surface area contributed by atoms with E-state index in [1.54, 1.807) is 0 Å². The molecule has 0 unspecified atom stereocenters. The Morgan fingerprint density at radius 1 is 1.09 bits per heavy atom. The quantitative estimate of drug-likeness (QED) is 0.682. The van der Waals surface area contributed by atoms with E-state index in [9.17, 15) is 0 Å². The molecule has 3 rings (SSSR count). The molecule has 0 bridgehead atoms. The standard InChI is InChI=1S/C19H19ClN2/c1-13(2)15-6-8-16(9-7-15)18-12-21-19(22-18)11-14-4-3-5-17(20)10-14/h3-10,12-13H,11H2,1-2H3,(H,21,22). The number of nitrogens with one attached hydrogen (secondary N) is 1. The van der Waals surface area contributed by atoms with Crippen LogP contribution in [0, 0.1) is 0 Å². The summed E-state index contributed by atoms with van der Waals surface area (Å²) in [5.74, 6) is 1.50. The molecule has 1 N–H and O–H groups in total. The first-order valence-corrected chi connectivity index (χ1v) is 7.88. The lowest BCUT2D eigenvalue weighted by atomic mass is 10.0. The predicted molar refractivity (Wildman–Crippen MR) is 92.4 cm³/mol. The van der Waals surface area contributed by atoms with E-state index in [0.29, 0.717) is 5.92 Å². The van der Waals surface area contributed by atoms with Crippen molar-refractivity contribution in [3.05, 3.63) is 76.7 Å². The van der Waals surface area contributed by atoms with Crippen LogP contribution in [0.2, 0.25) is 5.02 Å². The summed E-state index contributed by atoms with van der Waals surface area (Å²) >= 11 is 6.02. The third-order valence-electron chi connectivity index (χ3n) is 3.78. The van der Waals surface area contributed by atoms with Crippen LogP contribution in [0.15, 0.2) is 54.7 Å². The first kappa shape index (κ1) is 14.9. The zero-order chi connectivity index (χ0) is 15.5. The van der Waals surface area contributed by atoms with Crippen molar-refractivity contribution in [1.82, 2.24) is 9.97 Å². The van der Waals surface area contributed by atoms with Crippen LogP contribution in [0.5, 0.6) is 0 Å². The first-order valence-electron chi connectivity index (χ1n) is 7.50. The van der Waals surface area contributed by atoms with Gasteiger partial charge >= 0.3 is 0 Å². The molecule has 2 aromatic carbocycles. The van der Waals surface area contributed by atoms with Gasteiger partial charge < -0.3 is 4.98 Å². The number of hydrogen-bond donors (Lipinski definition) is 1. The number of rotatable bonds is 4. The Balaban J connectivity index is 1.78. The van der Waals surface area contributed by atoms with E-state index in [1.165, 1.54) is 5.56 Å². The average molecular weight is 311 g/mol. The molecule has 1 heterocycles. The Morgan fingerprint density at radius 3 is 2.55 bits per heavy atom. The zero-order valence-corrected chi connectivity index (χ0v) is 13.6. The van der Waals surface area contributed by atoms with Crippen molar-refractivity contribution >= 4 is 11.6 Å². The molecule has 0 fully saturated rings. The van der Waals surface area contributed by atoms with Crippen molar-refractivity contribution in [2.45, 2.75) is 26.2 Å². The first-order chi connectivity index (χ1) is 10.6. The van der Waals surface area contributed by atoms with Crippen molar-refractivity contribution in [3.8, 4) is 11.3 Å². The SMILES string of the molecule is CC(C)c1ccc(-c2cnc(Cc3cccc(Cl)c3)[nH]2)cc1. The zero-order valence-electron chi connectivity index (χ0n) is 12.8. The summed E-state index contributed by atoms with van der Waals surface area (Å²) in [6.07, 6.45) is 2.65. The molecule has 3 heteroatoms. The number of imidazole rings is 1. The summed E-state index contributed by atoms with van der Waals surface area (Å²) in [5, 5.41) is 0.758. The molecule has 0 amide bonds. The minimum absolute atomic E-state index is 0.550. The number of halogens is 1. The molecule has 0 aliphatic heterocycles. The Morgan fingerprint density at radius 2 is 1.86 bits per heavy atom. The lowest BCUT2D eigenvalue weighted by Gasteiger charge is -2.05. The summed E-state index contributed by atoms with van der Waals surface area (Å²) in [5.41, 5.74) is 4.72. The van der Waals surface area contributed by atoms with E-state index in [4.69, 9.17) is 11.6 Å². The highest BCUT2D eigenvalue weighted by atomic mass is 35.5. The predicted octanol–water partition coefficient (Wildman–Crippen LogP) is 5.44. The number of nitrogens with zero attached hydrogens (tertiary/aromatic N) is 1. The van der Waals surface area contributed by atoms with Crippen LogP contribution in [0.4, 0.5) is 0 Å². The normalized spacial score (nSPS) is 11.1. The van der Waals surface area contributed by atoms with Crippen molar-refractivity contribution in [2.24, 2.45) is 0 Å². The summed E-state index contributed by atoms with van der Waals surface area (Å²) < 4.78 is 0. The molecule has 22 heavy (non-hydrogen) atoms. The average Bonchev–Trinajstić information content (AvgIpc) is 2.96. The van der Waals surface area contributed by atoms with Gasteiger partial charge in [0.15, 0.2) is 0 Å². The summed E-state index contributed by atoms with van der Waals surface area (Å²) in [7, 11) is 0. The van der Waals surface area contributed by atoms with Crippen molar-refractivity contribution in [1.29, 1.82) is 0 Å². The van der Waals surface area contributed by atoms with Crippen LogP contribution in [0.25, 0.3) is 11.3 Å². The van der Waals surface area contributed by atoms with Crippen molar-refractivity contribution in [3.63, 3.8) is 0 Å². The van der Waals surface area contributed by atoms with Gasteiger partial charge in [-0.15, -0.1) is 0 Å². The minimum Gasteiger partial charge on any atom is -0.342 e.